The molecular weight excluding hydrogens is 372 g/mol. The molecule has 5 rings (SSSR count). The molecule has 4 aromatic rings. The van der Waals surface area contributed by atoms with E-state index in [0.29, 0.717) is 18.5 Å². The van der Waals surface area contributed by atoms with Gasteiger partial charge in [0.25, 0.3) is 5.91 Å². The second-order valence-corrected chi connectivity index (χ2v) is 7.31. The van der Waals surface area contributed by atoms with Crippen molar-refractivity contribution in [1.82, 2.24) is 4.57 Å². The molecule has 1 aromatic heterocycles. The number of carbonyl (C=O) groups is 1. The van der Waals surface area contributed by atoms with Crippen molar-refractivity contribution in [3.63, 3.8) is 0 Å². The lowest BCUT2D eigenvalue weighted by Crippen LogP contribution is -2.43. The lowest BCUT2D eigenvalue weighted by molar-refractivity contribution is 0.0975. The van der Waals surface area contributed by atoms with Gasteiger partial charge in [-0.2, -0.15) is 5.26 Å². The highest BCUT2D eigenvalue weighted by Gasteiger charge is 2.35. The number of benzene rings is 3. The van der Waals surface area contributed by atoms with E-state index in [1.807, 2.05) is 71.6 Å². The van der Waals surface area contributed by atoms with Crippen molar-refractivity contribution in [3.8, 4) is 6.07 Å². The summed E-state index contributed by atoms with van der Waals surface area (Å²) in [6.45, 7) is 0.611. The summed E-state index contributed by atoms with van der Waals surface area (Å²) in [5, 5.41) is 13.7. The van der Waals surface area contributed by atoms with E-state index in [2.05, 4.69) is 34.3 Å². The van der Waals surface area contributed by atoms with Crippen molar-refractivity contribution < 1.29 is 4.79 Å². The van der Waals surface area contributed by atoms with Crippen LogP contribution in [0.1, 0.15) is 28.5 Å². The number of hydrogen-bond acceptors (Lipinski definition) is 3. The van der Waals surface area contributed by atoms with E-state index in [1.54, 1.807) is 0 Å². The molecule has 3 aromatic carbocycles. The molecule has 1 N–H and O–H groups in total. The first-order valence-electron chi connectivity index (χ1n) is 9.97. The van der Waals surface area contributed by atoms with Crippen molar-refractivity contribution in [2.24, 2.45) is 0 Å². The van der Waals surface area contributed by atoms with Crippen LogP contribution in [-0.4, -0.2) is 10.5 Å². The van der Waals surface area contributed by atoms with Crippen LogP contribution in [0, 0.1) is 11.3 Å². The molecule has 0 bridgehead atoms. The van der Waals surface area contributed by atoms with Gasteiger partial charge in [0.2, 0.25) is 0 Å². The van der Waals surface area contributed by atoms with Gasteiger partial charge >= 0.3 is 0 Å². The van der Waals surface area contributed by atoms with Crippen LogP contribution in [0.15, 0.2) is 85.1 Å². The Morgan fingerprint density at radius 1 is 0.933 bits per heavy atom. The maximum Gasteiger partial charge on any atom is 0.262 e. The number of nitrogens with one attached hydrogen (secondary N) is 1. The van der Waals surface area contributed by atoms with Crippen molar-refractivity contribution in [2.45, 2.75) is 19.1 Å². The predicted molar refractivity (Wildman–Crippen MR) is 118 cm³/mol. The van der Waals surface area contributed by atoms with Crippen LogP contribution in [0.4, 0.5) is 11.4 Å². The number of anilines is 2. The summed E-state index contributed by atoms with van der Waals surface area (Å²) in [4.78, 5) is 15.4. The third-order valence-electron chi connectivity index (χ3n) is 5.54. The van der Waals surface area contributed by atoms with Crippen molar-refractivity contribution in [3.05, 3.63) is 96.2 Å². The summed E-state index contributed by atoms with van der Waals surface area (Å²) in [7, 11) is 0. The molecule has 30 heavy (non-hydrogen) atoms. The molecule has 1 aliphatic rings. The fourth-order valence-corrected chi connectivity index (χ4v) is 4.17. The van der Waals surface area contributed by atoms with E-state index in [4.69, 9.17) is 5.26 Å². The lowest BCUT2D eigenvalue weighted by Gasteiger charge is -2.38. The summed E-state index contributed by atoms with van der Waals surface area (Å²) in [5.41, 5.74) is 4.39. The largest absolute Gasteiger partial charge is 0.360 e. The highest BCUT2D eigenvalue weighted by atomic mass is 16.2. The fraction of sp³-hybridized carbons (Fsp3) is 0.120. The van der Waals surface area contributed by atoms with E-state index in [1.165, 1.54) is 0 Å². The molecule has 0 radical (unpaired) electrons. The zero-order valence-corrected chi connectivity index (χ0v) is 16.3. The molecular formula is C25H20N4O. The van der Waals surface area contributed by atoms with Gasteiger partial charge in [-0.25, -0.2) is 0 Å². The second-order valence-electron chi connectivity index (χ2n) is 7.31. The van der Waals surface area contributed by atoms with Gasteiger partial charge < -0.3 is 9.88 Å². The summed E-state index contributed by atoms with van der Waals surface area (Å²) in [6, 6.07) is 27.7. The third-order valence-corrected chi connectivity index (χ3v) is 5.54. The van der Waals surface area contributed by atoms with Gasteiger partial charge in [0.05, 0.1) is 18.1 Å². The highest BCUT2D eigenvalue weighted by molar-refractivity contribution is 6.12. The average molecular weight is 392 g/mol. The molecule has 1 atom stereocenters. The van der Waals surface area contributed by atoms with E-state index in [-0.39, 0.29) is 12.1 Å². The maximum absolute atomic E-state index is 13.6. The number of aryl methyl sites for hydroxylation is 1. The zero-order chi connectivity index (χ0) is 20.5. The molecule has 0 saturated carbocycles. The average Bonchev–Trinajstić information content (AvgIpc) is 3.17. The number of nitriles is 1. The van der Waals surface area contributed by atoms with Crippen LogP contribution in [0.2, 0.25) is 0 Å². The first kappa shape index (κ1) is 18.0. The third kappa shape index (κ3) is 2.90. The molecule has 0 unspecified atom stereocenters. The van der Waals surface area contributed by atoms with Crippen molar-refractivity contribution in [1.29, 1.82) is 5.26 Å². The summed E-state index contributed by atoms with van der Waals surface area (Å²) >= 11 is 0. The summed E-state index contributed by atoms with van der Waals surface area (Å²) in [5.74, 6) is -0.0330. The van der Waals surface area contributed by atoms with Gasteiger partial charge in [0.15, 0.2) is 0 Å². The van der Waals surface area contributed by atoms with Gasteiger partial charge in [-0.05, 0) is 30.3 Å². The number of carbonyl (C=O) groups excluding carboxylic acids is 1. The minimum Gasteiger partial charge on any atom is -0.360 e. The number of fused-ring (bicyclic) bond motifs is 2. The number of hydrogen-bond donors (Lipinski definition) is 1. The topological polar surface area (TPSA) is 61.1 Å². The molecule has 0 aliphatic carbocycles. The van der Waals surface area contributed by atoms with Gasteiger partial charge in [0, 0.05) is 40.6 Å². The quantitative estimate of drug-likeness (QED) is 0.511. The Bertz CT molecular complexity index is 1270. The molecule has 0 fully saturated rings. The Morgan fingerprint density at radius 3 is 2.50 bits per heavy atom. The van der Waals surface area contributed by atoms with Crippen LogP contribution in [-0.2, 0) is 6.54 Å². The van der Waals surface area contributed by atoms with E-state index in [0.717, 1.165) is 27.8 Å². The van der Waals surface area contributed by atoms with E-state index >= 15 is 0 Å². The van der Waals surface area contributed by atoms with Gasteiger partial charge in [-0.1, -0.05) is 48.5 Å². The Labute approximate surface area is 174 Å². The van der Waals surface area contributed by atoms with Crippen LogP contribution in [0.5, 0.6) is 0 Å². The van der Waals surface area contributed by atoms with Crippen LogP contribution in [0.3, 0.4) is 0 Å². The number of para-hydroxylation sites is 3. The second kappa shape index (κ2) is 7.41. The normalized spacial score (nSPS) is 15.5. The Balaban J connectivity index is 1.70. The first-order chi connectivity index (χ1) is 14.8. The standard InChI is InChI=1S/C25H20N4O/c26-15-8-16-28-17-21(19-11-5-7-14-23(19)28)24-27-22-13-6-4-12-20(22)25(30)29(24)18-9-2-1-3-10-18/h1-7,9-14,17,24,27H,8,16H2/t24-/m0/s1. The Hall–Kier alpha value is -4.04. The first-order valence-corrected chi connectivity index (χ1v) is 9.97. The minimum absolute atomic E-state index is 0.0330. The van der Waals surface area contributed by atoms with E-state index in [9.17, 15) is 4.79 Å². The van der Waals surface area contributed by atoms with Gasteiger partial charge in [0.1, 0.15) is 6.17 Å². The molecule has 5 heteroatoms. The Morgan fingerprint density at radius 2 is 1.67 bits per heavy atom. The molecule has 0 spiro atoms. The van der Waals surface area contributed by atoms with Gasteiger partial charge in [-0.15, -0.1) is 0 Å². The van der Waals surface area contributed by atoms with Crippen LogP contribution < -0.4 is 10.2 Å². The number of aromatic nitrogens is 1. The van der Waals surface area contributed by atoms with Crippen molar-refractivity contribution >= 4 is 28.2 Å². The Kier molecular flexibility index (Phi) is 4.45. The highest BCUT2D eigenvalue weighted by Crippen LogP contribution is 2.39. The molecule has 146 valence electrons. The molecule has 1 aliphatic heterocycles. The molecule has 1 amide bonds. The molecule has 2 heterocycles. The SMILES string of the molecule is N#CCCn1cc([C@H]2Nc3ccccc3C(=O)N2c2ccccc2)c2ccccc21. The summed E-state index contributed by atoms with van der Waals surface area (Å²) < 4.78 is 2.10. The molecule has 5 nitrogen and oxygen atoms in total. The van der Waals surface area contributed by atoms with Crippen LogP contribution in [0.25, 0.3) is 10.9 Å². The van der Waals surface area contributed by atoms with Crippen molar-refractivity contribution in [2.75, 3.05) is 10.2 Å². The monoisotopic (exact) mass is 392 g/mol. The maximum atomic E-state index is 13.6. The zero-order valence-electron chi connectivity index (χ0n) is 16.3. The van der Waals surface area contributed by atoms with Gasteiger partial charge in [-0.3, -0.25) is 9.69 Å². The predicted octanol–water partition coefficient (Wildman–Crippen LogP) is 5.33. The number of amides is 1. The van der Waals surface area contributed by atoms with Crippen LogP contribution >= 0.6 is 0 Å². The fourth-order valence-electron chi connectivity index (χ4n) is 4.17. The number of rotatable bonds is 4. The molecule has 0 saturated heterocycles. The number of nitrogens with zero attached hydrogens (tertiary/aromatic N) is 3. The summed E-state index contributed by atoms with van der Waals surface area (Å²) in [6.07, 6.45) is 2.14. The smallest absolute Gasteiger partial charge is 0.262 e. The minimum atomic E-state index is -0.358. The van der Waals surface area contributed by atoms with E-state index < -0.39 is 0 Å². The lowest BCUT2D eigenvalue weighted by atomic mass is 10.0.